The topological polar surface area (TPSA) is 76.1 Å². The van der Waals surface area contributed by atoms with E-state index in [1.807, 2.05) is 0 Å². The van der Waals surface area contributed by atoms with Gasteiger partial charge in [-0.1, -0.05) is 0 Å². The first-order valence-corrected chi connectivity index (χ1v) is 8.68. The van der Waals surface area contributed by atoms with E-state index in [1.54, 1.807) is 20.8 Å². The predicted octanol–water partition coefficient (Wildman–Crippen LogP) is 4.40. The molecule has 2 N–H and O–H groups in total. The SMILES string of the molecule is CC(C)(C)OC(=O)N[C@H]1CC[C@@H](Nc2cc(C(F)(F)F)nc(Cl)n2)CC1. The fourth-order valence-electron chi connectivity index (χ4n) is 2.70. The van der Waals surface area contributed by atoms with Crippen LogP contribution in [-0.2, 0) is 10.9 Å². The molecule has 1 aromatic rings. The van der Waals surface area contributed by atoms with Crippen molar-refractivity contribution in [2.75, 3.05) is 5.32 Å². The molecule has 0 saturated heterocycles. The number of nitrogens with one attached hydrogen (secondary N) is 2. The first-order valence-electron chi connectivity index (χ1n) is 8.30. The molecule has 146 valence electrons. The number of aromatic nitrogens is 2. The molecule has 0 aliphatic heterocycles. The maximum Gasteiger partial charge on any atom is 0.433 e. The maximum atomic E-state index is 12.8. The minimum atomic E-state index is -4.59. The molecule has 10 heteroatoms. The number of hydrogen-bond acceptors (Lipinski definition) is 5. The van der Waals surface area contributed by atoms with Crippen molar-refractivity contribution in [3.8, 4) is 0 Å². The minimum Gasteiger partial charge on any atom is -0.444 e. The first kappa shape index (κ1) is 20.5. The number of hydrogen-bond donors (Lipinski definition) is 2. The lowest BCUT2D eigenvalue weighted by Gasteiger charge is -2.30. The Morgan fingerprint density at radius 2 is 1.73 bits per heavy atom. The molecule has 0 unspecified atom stereocenters. The Kier molecular flexibility index (Phi) is 6.21. The van der Waals surface area contributed by atoms with Crippen molar-refractivity contribution in [2.24, 2.45) is 0 Å². The molecule has 0 atom stereocenters. The Bertz CT molecular complexity index is 641. The van der Waals surface area contributed by atoms with Gasteiger partial charge in [-0.15, -0.1) is 0 Å². The summed E-state index contributed by atoms with van der Waals surface area (Å²) in [5.74, 6) is 0.0425. The molecular weight excluding hydrogens is 373 g/mol. The van der Waals surface area contributed by atoms with Gasteiger partial charge in [0.1, 0.15) is 11.4 Å². The van der Waals surface area contributed by atoms with Crippen molar-refractivity contribution in [2.45, 2.75) is 70.3 Å². The highest BCUT2D eigenvalue weighted by Crippen LogP contribution is 2.30. The number of alkyl halides is 3. The van der Waals surface area contributed by atoms with Crippen molar-refractivity contribution in [3.05, 3.63) is 17.0 Å². The van der Waals surface area contributed by atoms with Crippen molar-refractivity contribution in [1.29, 1.82) is 0 Å². The molecule has 6 nitrogen and oxygen atoms in total. The van der Waals surface area contributed by atoms with E-state index in [-0.39, 0.29) is 17.9 Å². The van der Waals surface area contributed by atoms with Crippen LogP contribution in [0.1, 0.15) is 52.1 Å². The largest absolute Gasteiger partial charge is 0.444 e. The lowest BCUT2D eigenvalue weighted by atomic mass is 9.91. The zero-order chi connectivity index (χ0) is 19.5. The van der Waals surface area contributed by atoms with Crippen LogP contribution in [-0.4, -0.2) is 33.7 Å². The van der Waals surface area contributed by atoms with Crippen molar-refractivity contribution >= 4 is 23.5 Å². The van der Waals surface area contributed by atoms with E-state index in [0.717, 1.165) is 6.07 Å². The van der Waals surface area contributed by atoms with Crippen molar-refractivity contribution < 1.29 is 22.7 Å². The lowest BCUT2D eigenvalue weighted by Crippen LogP contribution is -2.42. The number of halogens is 4. The fourth-order valence-corrected chi connectivity index (χ4v) is 2.88. The van der Waals surface area contributed by atoms with Crippen LogP contribution >= 0.6 is 11.6 Å². The van der Waals surface area contributed by atoms with Crippen LogP contribution in [0.15, 0.2) is 6.07 Å². The molecule has 0 bridgehead atoms. The maximum absolute atomic E-state index is 12.8. The summed E-state index contributed by atoms with van der Waals surface area (Å²) in [6, 6.07) is 0.762. The highest BCUT2D eigenvalue weighted by atomic mass is 35.5. The average Bonchev–Trinajstić information content (AvgIpc) is 2.46. The molecule has 0 spiro atoms. The molecular formula is C16H22ClF3N4O2. The summed E-state index contributed by atoms with van der Waals surface area (Å²) in [6.45, 7) is 5.36. The number of nitrogens with zero attached hydrogens (tertiary/aromatic N) is 2. The van der Waals surface area contributed by atoms with Gasteiger partial charge in [-0.25, -0.2) is 14.8 Å². The summed E-state index contributed by atoms with van der Waals surface area (Å²) in [4.78, 5) is 18.8. The van der Waals surface area contributed by atoms with E-state index in [2.05, 4.69) is 20.6 Å². The quantitative estimate of drug-likeness (QED) is 0.743. The molecule has 1 fully saturated rings. The number of amides is 1. The zero-order valence-electron chi connectivity index (χ0n) is 14.8. The van der Waals surface area contributed by atoms with Gasteiger partial charge in [-0.3, -0.25) is 0 Å². The number of anilines is 1. The van der Waals surface area contributed by atoms with Crippen molar-refractivity contribution in [3.63, 3.8) is 0 Å². The predicted molar refractivity (Wildman–Crippen MR) is 91.1 cm³/mol. The van der Waals surface area contributed by atoms with Crippen LogP contribution in [0.5, 0.6) is 0 Å². The molecule has 1 aliphatic rings. The van der Waals surface area contributed by atoms with Gasteiger partial charge in [0.2, 0.25) is 5.28 Å². The Labute approximate surface area is 154 Å². The van der Waals surface area contributed by atoms with Gasteiger partial charge in [-0.2, -0.15) is 13.2 Å². The van der Waals surface area contributed by atoms with Crippen LogP contribution in [0.2, 0.25) is 5.28 Å². The van der Waals surface area contributed by atoms with Gasteiger partial charge >= 0.3 is 12.3 Å². The fraction of sp³-hybridized carbons (Fsp3) is 0.688. The Morgan fingerprint density at radius 3 is 2.27 bits per heavy atom. The van der Waals surface area contributed by atoms with Crippen LogP contribution in [0, 0.1) is 0 Å². The number of carbonyl (C=O) groups is 1. The lowest BCUT2D eigenvalue weighted by molar-refractivity contribution is -0.141. The third-order valence-corrected chi connectivity index (χ3v) is 3.96. The summed E-state index contributed by atoms with van der Waals surface area (Å²) < 4.78 is 43.6. The number of carbonyl (C=O) groups excluding carboxylic acids is 1. The first-order chi connectivity index (χ1) is 11.9. The Hall–Kier alpha value is -1.77. The molecule has 2 rings (SSSR count). The minimum absolute atomic E-state index is 0.0253. The molecule has 1 heterocycles. The highest BCUT2D eigenvalue weighted by Gasteiger charge is 2.34. The monoisotopic (exact) mass is 394 g/mol. The van der Waals surface area contributed by atoms with Crippen LogP contribution in [0.25, 0.3) is 0 Å². The van der Waals surface area contributed by atoms with Crippen LogP contribution < -0.4 is 10.6 Å². The molecule has 1 saturated carbocycles. The number of rotatable bonds is 3. The van der Waals surface area contributed by atoms with E-state index in [0.29, 0.717) is 25.7 Å². The Balaban J connectivity index is 1.87. The zero-order valence-corrected chi connectivity index (χ0v) is 15.5. The summed E-state index contributed by atoms with van der Waals surface area (Å²) in [6.07, 6.45) is -2.35. The number of ether oxygens (including phenoxy) is 1. The van der Waals surface area contributed by atoms with Gasteiger partial charge in [0.15, 0.2) is 5.69 Å². The molecule has 1 aromatic heterocycles. The molecule has 0 radical (unpaired) electrons. The van der Waals surface area contributed by atoms with Gasteiger partial charge in [0.05, 0.1) is 0 Å². The molecule has 1 aliphatic carbocycles. The summed E-state index contributed by atoms with van der Waals surface area (Å²) in [7, 11) is 0. The second kappa shape index (κ2) is 7.85. The van der Waals surface area contributed by atoms with E-state index in [4.69, 9.17) is 16.3 Å². The van der Waals surface area contributed by atoms with Gasteiger partial charge < -0.3 is 15.4 Å². The summed E-state index contributed by atoms with van der Waals surface area (Å²) in [5.41, 5.74) is -1.65. The molecule has 0 aromatic carbocycles. The molecule has 26 heavy (non-hydrogen) atoms. The molecule has 1 amide bonds. The average molecular weight is 395 g/mol. The normalized spacial score (nSPS) is 21.2. The highest BCUT2D eigenvalue weighted by molar-refractivity contribution is 6.28. The van der Waals surface area contributed by atoms with E-state index in [9.17, 15) is 18.0 Å². The van der Waals surface area contributed by atoms with E-state index < -0.39 is 28.8 Å². The summed E-state index contributed by atoms with van der Waals surface area (Å²) in [5, 5.41) is 5.32. The third kappa shape index (κ3) is 6.51. The van der Waals surface area contributed by atoms with E-state index in [1.165, 1.54) is 0 Å². The third-order valence-electron chi connectivity index (χ3n) is 3.79. The number of alkyl carbamates (subject to hydrolysis) is 1. The van der Waals surface area contributed by atoms with Crippen LogP contribution in [0.4, 0.5) is 23.8 Å². The van der Waals surface area contributed by atoms with Crippen LogP contribution in [0.3, 0.4) is 0 Å². The second-order valence-electron chi connectivity index (χ2n) is 7.24. The van der Waals surface area contributed by atoms with E-state index >= 15 is 0 Å². The Morgan fingerprint density at radius 1 is 1.15 bits per heavy atom. The van der Waals surface area contributed by atoms with Gasteiger partial charge in [0.25, 0.3) is 0 Å². The standard InChI is InChI=1S/C16H22ClF3N4O2/c1-15(2,3)26-14(25)22-10-6-4-9(5-7-10)21-12-8-11(16(18,19)20)23-13(17)24-12/h8-10H,4-7H2,1-3H3,(H,22,25)(H,21,23,24)/t9-,10+. The van der Waals surface area contributed by atoms with Crippen molar-refractivity contribution in [1.82, 2.24) is 15.3 Å². The second-order valence-corrected chi connectivity index (χ2v) is 7.58. The smallest absolute Gasteiger partial charge is 0.433 e. The van der Waals surface area contributed by atoms with Gasteiger partial charge in [0, 0.05) is 18.2 Å². The summed E-state index contributed by atoms with van der Waals surface area (Å²) >= 11 is 5.58. The van der Waals surface area contributed by atoms with Gasteiger partial charge in [-0.05, 0) is 58.1 Å².